The lowest BCUT2D eigenvalue weighted by Crippen LogP contribution is -2.60. The van der Waals surface area contributed by atoms with Gasteiger partial charge in [-0.3, -0.25) is 0 Å². The van der Waals surface area contributed by atoms with Gasteiger partial charge in [0.1, 0.15) is 5.04 Å². The van der Waals surface area contributed by atoms with E-state index in [1.54, 1.807) is 0 Å². The Morgan fingerprint density at radius 3 is 2.48 bits per heavy atom. The van der Waals surface area contributed by atoms with Crippen LogP contribution in [0.5, 0.6) is 0 Å². The molecule has 1 heterocycles. The van der Waals surface area contributed by atoms with Crippen molar-refractivity contribution < 1.29 is 4.84 Å². The number of hydrogen-bond acceptors (Lipinski definition) is 3. The second-order valence-electron chi connectivity index (χ2n) is 7.17. The Hall–Kier alpha value is -0.670. The molecule has 5 atom stereocenters. The molecule has 2 nitrogen and oxygen atoms in total. The Kier molecular flexibility index (Phi) is 2.57. The molecule has 4 bridgehead atoms. The minimum absolute atomic E-state index is 0.0567. The van der Waals surface area contributed by atoms with Gasteiger partial charge in [0.2, 0.25) is 0 Å². The van der Waals surface area contributed by atoms with E-state index in [9.17, 15) is 0 Å². The number of nitrogens with zero attached hydrogens (tertiary/aromatic N) is 1. The summed E-state index contributed by atoms with van der Waals surface area (Å²) >= 11 is 8.71. The fourth-order valence-corrected chi connectivity index (χ4v) is 7.13. The Balaban J connectivity index is 1.47. The number of benzene rings is 1. The summed E-state index contributed by atoms with van der Waals surface area (Å²) < 4.78 is 0. The molecule has 0 N–H and O–H groups in total. The summed E-state index contributed by atoms with van der Waals surface area (Å²) in [5, 5.41) is 5.51. The first-order valence-corrected chi connectivity index (χ1v) is 9.06. The minimum atomic E-state index is -0.125. The highest BCUT2D eigenvalue weighted by atomic mass is 35.5. The molecule has 0 radical (unpaired) electrons. The predicted octanol–water partition coefficient (Wildman–Crippen LogP) is 4.63. The topological polar surface area (TPSA) is 21.6 Å². The van der Waals surface area contributed by atoms with Crippen LogP contribution in [0.1, 0.15) is 37.7 Å². The number of alkyl halides is 1. The van der Waals surface area contributed by atoms with E-state index in [-0.39, 0.29) is 9.81 Å². The van der Waals surface area contributed by atoms with Gasteiger partial charge in [-0.2, -0.15) is 0 Å². The molecule has 4 aliphatic carbocycles. The molecular weight excluding hydrogens is 302 g/mol. The molecule has 0 aromatic heterocycles. The van der Waals surface area contributed by atoms with E-state index < -0.39 is 0 Å². The summed E-state index contributed by atoms with van der Waals surface area (Å²) in [5.74, 6) is 1.95. The van der Waals surface area contributed by atoms with Crippen molar-refractivity contribution in [3.63, 3.8) is 0 Å². The molecule has 6 rings (SSSR count). The largest absolute Gasteiger partial charge is 0.376 e. The van der Waals surface area contributed by atoms with Crippen molar-refractivity contribution in [3.05, 3.63) is 35.9 Å². The van der Waals surface area contributed by atoms with Crippen LogP contribution in [0.25, 0.3) is 0 Å². The average molecular weight is 320 g/mol. The third-order valence-electron chi connectivity index (χ3n) is 5.80. The Morgan fingerprint density at radius 2 is 1.81 bits per heavy atom. The highest BCUT2D eigenvalue weighted by Crippen LogP contribution is 2.67. The first-order chi connectivity index (χ1) is 10.2. The molecule has 21 heavy (non-hydrogen) atoms. The van der Waals surface area contributed by atoms with Gasteiger partial charge in [0, 0.05) is 22.3 Å². The number of hydrogen-bond donors (Lipinski definition) is 0. The van der Waals surface area contributed by atoms with Crippen molar-refractivity contribution in [1.82, 2.24) is 0 Å². The van der Waals surface area contributed by atoms with Gasteiger partial charge in [-0.05, 0) is 38.0 Å². The monoisotopic (exact) mass is 319 g/mol. The summed E-state index contributed by atoms with van der Waals surface area (Å²) in [6.45, 7) is 0. The van der Waals surface area contributed by atoms with Gasteiger partial charge in [0.25, 0.3) is 0 Å². The summed E-state index contributed by atoms with van der Waals surface area (Å²) in [4.78, 5) is 6.05. The van der Waals surface area contributed by atoms with Crippen molar-refractivity contribution in [2.45, 2.75) is 41.9 Å². The van der Waals surface area contributed by atoms with Gasteiger partial charge < -0.3 is 4.84 Å². The normalized spacial score (nSPS) is 46.7. The number of halogens is 1. The van der Waals surface area contributed by atoms with E-state index in [0.717, 1.165) is 23.8 Å². The second kappa shape index (κ2) is 4.20. The predicted molar refractivity (Wildman–Crippen MR) is 86.5 cm³/mol. The van der Waals surface area contributed by atoms with Gasteiger partial charge in [-0.25, -0.2) is 0 Å². The van der Waals surface area contributed by atoms with Gasteiger partial charge in [0.15, 0.2) is 4.93 Å². The first-order valence-electron chi connectivity index (χ1n) is 7.86. The van der Waals surface area contributed by atoms with Crippen LogP contribution < -0.4 is 0 Å². The van der Waals surface area contributed by atoms with Crippen molar-refractivity contribution in [1.29, 1.82) is 0 Å². The standard InChI is InChI=1S/C17H18ClNOS/c18-16-8-11-6-13(9-16)17(14(7-11)10-16)20-19-15(21-17)12-4-2-1-3-5-12/h1-5,11,13-14H,6-10H2/t11?,13-,14+,16?,17?. The van der Waals surface area contributed by atoms with Crippen LogP contribution in [0.3, 0.4) is 0 Å². The van der Waals surface area contributed by atoms with E-state index >= 15 is 0 Å². The van der Waals surface area contributed by atoms with Crippen LogP contribution in [0.2, 0.25) is 0 Å². The van der Waals surface area contributed by atoms with Gasteiger partial charge in [-0.15, -0.1) is 11.6 Å². The SMILES string of the molecule is ClC12CC3C[C@H](C1)C1(ON=C(c4ccccc4)S1)[C@@H](C3)C2. The molecule has 0 saturated heterocycles. The molecule has 1 aromatic rings. The van der Waals surface area contributed by atoms with Crippen molar-refractivity contribution in [2.75, 3.05) is 0 Å². The van der Waals surface area contributed by atoms with E-state index in [4.69, 9.17) is 16.4 Å². The molecule has 3 unspecified atom stereocenters. The first kappa shape index (κ1) is 12.8. The van der Waals surface area contributed by atoms with E-state index in [1.807, 2.05) is 17.8 Å². The number of oxime groups is 1. The van der Waals surface area contributed by atoms with Crippen molar-refractivity contribution in [3.8, 4) is 0 Å². The maximum atomic E-state index is 6.84. The van der Waals surface area contributed by atoms with Crippen LogP contribution in [0.15, 0.2) is 35.5 Å². The molecule has 1 aromatic carbocycles. The lowest BCUT2D eigenvalue weighted by Gasteiger charge is -2.60. The van der Waals surface area contributed by atoms with Crippen molar-refractivity contribution >= 4 is 28.4 Å². The van der Waals surface area contributed by atoms with Crippen molar-refractivity contribution in [2.24, 2.45) is 22.9 Å². The third kappa shape index (κ3) is 1.77. The van der Waals surface area contributed by atoms with Crippen LogP contribution in [-0.2, 0) is 4.84 Å². The second-order valence-corrected chi connectivity index (χ2v) is 9.20. The van der Waals surface area contributed by atoms with E-state index in [1.165, 1.54) is 24.8 Å². The summed E-state index contributed by atoms with van der Waals surface area (Å²) in [5.41, 5.74) is 1.17. The smallest absolute Gasteiger partial charge is 0.194 e. The lowest BCUT2D eigenvalue weighted by molar-refractivity contribution is -0.138. The van der Waals surface area contributed by atoms with Gasteiger partial charge in [-0.1, -0.05) is 47.2 Å². The fraction of sp³-hybridized carbons (Fsp3) is 0.588. The van der Waals surface area contributed by atoms with Gasteiger partial charge >= 0.3 is 0 Å². The Bertz CT molecular complexity index is 600. The zero-order chi connectivity index (χ0) is 14.1. The lowest BCUT2D eigenvalue weighted by atomic mass is 9.54. The molecule has 4 saturated carbocycles. The number of thioether (sulfide) groups is 1. The fourth-order valence-electron chi connectivity index (χ4n) is 5.14. The molecule has 1 spiro atoms. The average Bonchev–Trinajstić information content (AvgIpc) is 2.91. The molecule has 4 heteroatoms. The molecule has 0 amide bonds. The molecule has 5 aliphatic rings. The molecule has 1 aliphatic heterocycles. The molecule has 4 fully saturated rings. The zero-order valence-electron chi connectivity index (χ0n) is 11.8. The van der Waals surface area contributed by atoms with Crippen LogP contribution in [0.4, 0.5) is 0 Å². The van der Waals surface area contributed by atoms with E-state index in [2.05, 4.69) is 29.4 Å². The van der Waals surface area contributed by atoms with Crippen LogP contribution in [0, 0.1) is 17.8 Å². The molecule has 110 valence electrons. The zero-order valence-corrected chi connectivity index (χ0v) is 13.4. The highest BCUT2D eigenvalue weighted by molar-refractivity contribution is 8.15. The minimum Gasteiger partial charge on any atom is -0.376 e. The third-order valence-corrected chi connectivity index (χ3v) is 7.83. The summed E-state index contributed by atoms with van der Waals surface area (Å²) in [6.07, 6.45) is 5.97. The summed E-state index contributed by atoms with van der Waals surface area (Å²) in [6, 6.07) is 10.4. The highest BCUT2D eigenvalue weighted by Gasteiger charge is 2.66. The Labute approximate surface area is 134 Å². The van der Waals surface area contributed by atoms with Crippen LogP contribution in [-0.4, -0.2) is 14.9 Å². The maximum Gasteiger partial charge on any atom is 0.194 e. The number of rotatable bonds is 1. The maximum absolute atomic E-state index is 6.84. The van der Waals surface area contributed by atoms with E-state index in [0.29, 0.717) is 11.8 Å². The Morgan fingerprint density at radius 1 is 1.10 bits per heavy atom. The van der Waals surface area contributed by atoms with Gasteiger partial charge in [0.05, 0.1) is 0 Å². The summed E-state index contributed by atoms with van der Waals surface area (Å²) in [7, 11) is 0. The quantitative estimate of drug-likeness (QED) is 0.704. The van der Waals surface area contributed by atoms with Crippen LogP contribution >= 0.6 is 23.4 Å². The molecular formula is C17H18ClNOS.